The minimum atomic E-state index is -4.81. The first kappa shape index (κ1) is 20.6. The molecule has 158 valence electrons. The van der Waals surface area contributed by atoms with Crippen molar-refractivity contribution in [2.24, 2.45) is 10.2 Å². The molecule has 1 unspecified atom stereocenters. The summed E-state index contributed by atoms with van der Waals surface area (Å²) in [5.74, 6) is -0.637. The number of aromatic hydroxyl groups is 1. The Morgan fingerprint density at radius 3 is 2.55 bits per heavy atom. The van der Waals surface area contributed by atoms with Crippen LogP contribution in [-0.4, -0.2) is 33.8 Å². The lowest BCUT2D eigenvalue weighted by Gasteiger charge is -2.23. The normalized spacial score (nSPS) is 18.4. The fourth-order valence-electron chi connectivity index (χ4n) is 3.41. The average Bonchev–Trinajstić information content (AvgIpc) is 2.71. The molecule has 0 bridgehead atoms. The van der Waals surface area contributed by atoms with Gasteiger partial charge in [-0.15, -0.1) is 10.2 Å². The molecule has 0 aromatic heterocycles. The van der Waals surface area contributed by atoms with E-state index in [0.717, 1.165) is 29.3 Å². The number of rotatable bonds is 4. The third-order valence-corrected chi connectivity index (χ3v) is 5.78. The van der Waals surface area contributed by atoms with Crippen molar-refractivity contribution < 1.29 is 28.1 Å². The van der Waals surface area contributed by atoms with Crippen LogP contribution >= 0.6 is 0 Å². The van der Waals surface area contributed by atoms with E-state index in [-0.39, 0.29) is 22.9 Å². The molecule has 0 fully saturated rings. The monoisotopic (exact) mass is 441 g/mol. The maximum absolute atomic E-state index is 11.7. The number of nitro benzene ring substituents is 1. The second kappa shape index (κ2) is 7.23. The van der Waals surface area contributed by atoms with Gasteiger partial charge in [0.1, 0.15) is 16.3 Å². The number of hydrogen-bond donors (Lipinski definition) is 3. The van der Waals surface area contributed by atoms with E-state index >= 15 is 0 Å². The Balaban J connectivity index is 1.85. The van der Waals surface area contributed by atoms with Gasteiger partial charge in [-0.1, -0.05) is 30.3 Å². The Bertz CT molecular complexity index is 1400. The second-order valence-corrected chi connectivity index (χ2v) is 8.38. The van der Waals surface area contributed by atoms with Crippen molar-refractivity contribution in [3.05, 3.63) is 75.8 Å². The lowest BCUT2D eigenvalue weighted by atomic mass is 9.92. The molecule has 1 aliphatic rings. The minimum absolute atomic E-state index is 0.00855. The average molecular weight is 441 g/mol. The predicted molar refractivity (Wildman–Crippen MR) is 111 cm³/mol. The Morgan fingerprint density at radius 1 is 1.10 bits per heavy atom. The van der Waals surface area contributed by atoms with Crippen LogP contribution in [0, 0.1) is 10.1 Å². The standard InChI is InChI=1S/C20H15N3O7S/c24-17-10-18(31(28,29)30)16-9-14(23(26)27)5-6-15(16)19(17)21-22-20(25)8-7-12-3-1-2-4-13(12)11-20/h1-10,24-25H,11H2,(H,28,29,30)/b22-21+. The quantitative estimate of drug-likeness (QED) is 0.240. The number of phenols is 1. The van der Waals surface area contributed by atoms with Crippen LogP contribution in [0.5, 0.6) is 5.75 Å². The van der Waals surface area contributed by atoms with Crippen LogP contribution in [-0.2, 0) is 16.5 Å². The number of non-ortho nitro benzene ring substituents is 1. The highest BCUT2D eigenvalue weighted by Crippen LogP contribution is 2.41. The molecule has 3 aromatic carbocycles. The van der Waals surface area contributed by atoms with Crippen LogP contribution in [0.1, 0.15) is 11.1 Å². The van der Waals surface area contributed by atoms with Crippen molar-refractivity contribution in [3.63, 3.8) is 0 Å². The number of hydrogen-bond acceptors (Lipinski definition) is 8. The van der Waals surface area contributed by atoms with Crippen LogP contribution in [0.25, 0.3) is 16.8 Å². The molecule has 0 radical (unpaired) electrons. The molecule has 10 nitrogen and oxygen atoms in total. The molecule has 0 amide bonds. The highest BCUT2D eigenvalue weighted by atomic mass is 32.2. The molecule has 31 heavy (non-hydrogen) atoms. The summed E-state index contributed by atoms with van der Waals surface area (Å²) >= 11 is 0. The maximum atomic E-state index is 11.7. The van der Waals surface area contributed by atoms with Gasteiger partial charge in [-0.25, -0.2) is 0 Å². The van der Waals surface area contributed by atoms with E-state index in [1.165, 1.54) is 12.1 Å². The molecule has 11 heteroatoms. The first-order chi connectivity index (χ1) is 14.6. The van der Waals surface area contributed by atoms with Gasteiger partial charge in [-0.3, -0.25) is 14.7 Å². The van der Waals surface area contributed by atoms with Crippen LogP contribution in [0.3, 0.4) is 0 Å². The molecule has 3 N–H and O–H groups in total. The van der Waals surface area contributed by atoms with Crippen LogP contribution < -0.4 is 0 Å². The second-order valence-electron chi connectivity index (χ2n) is 6.99. The number of aliphatic hydroxyl groups is 1. The first-order valence-electron chi connectivity index (χ1n) is 8.91. The molecule has 0 saturated carbocycles. The summed E-state index contributed by atoms with van der Waals surface area (Å²) in [5.41, 5.74) is -0.594. The lowest BCUT2D eigenvalue weighted by molar-refractivity contribution is -0.384. The highest BCUT2D eigenvalue weighted by Gasteiger charge is 2.28. The topological polar surface area (TPSA) is 163 Å². The van der Waals surface area contributed by atoms with Gasteiger partial charge in [-0.2, -0.15) is 8.42 Å². The number of fused-ring (bicyclic) bond motifs is 2. The Hall–Kier alpha value is -3.67. The van der Waals surface area contributed by atoms with Crippen molar-refractivity contribution in [1.29, 1.82) is 0 Å². The predicted octanol–water partition coefficient (Wildman–Crippen LogP) is 3.74. The zero-order valence-corrected chi connectivity index (χ0v) is 16.5. The van der Waals surface area contributed by atoms with Crippen molar-refractivity contribution in [3.8, 4) is 5.75 Å². The molecule has 1 aliphatic carbocycles. The van der Waals surface area contributed by atoms with Crippen LogP contribution in [0.15, 0.2) is 69.7 Å². The SMILES string of the molecule is O=[N+]([O-])c1ccc2c(/N=N/C3(O)C=Cc4ccccc4C3)c(O)cc(S(=O)(=O)O)c2c1. The fourth-order valence-corrected chi connectivity index (χ4v) is 4.12. The molecule has 4 rings (SSSR count). The zero-order chi connectivity index (χ0) is 22.4. The molecule has 0 aliphatic heterocycles. The van der Waals surface area contributed by atoms with Crippen molar-refractivity contribution in [2.45, 2.75) is 17.0 Å². The largest absolute Gasteiger partial charge is 0.506 e. The third kappa shape index (κ3) is 3.89. The van der Waals surface area contributed by atoms with Gasteiger partial charge in [0, 0.05) is 35.4 Å². The summed E-state index contributed by atoms with van der Waals surface area (Å²) in [6, 6.07) is 11.3. The van der Waals surface area contributed by atoms with E-state index in [9.17, 15) is 33.3 Å². The van der Waals surface area contributed by atoms with Gasteiger partial charge in [0.2, 0.25) is 0 Å². The summed E-state index contributed by atoms with van der Waals surface area (Å²) in [7, 11) is -4.81. The molecule has 3 aromatic rings. The third-order valence-electron chi connectivity index (χ3n) is 4.88. The summed E-state index contributed by atoms with van der Waals surface area (Å²) in [6.07, 6.45) is 3.24. The van der Waals surface area contributed by atoms with Gasteiger partial charge in [0.25, 0.3) is 15.8 Å². The van der Waals surface area contributed by atoms with Crippen molar-refractivity contribution in [1.82, 2.24) is 0 Å². The van der Waals surface area contributed by atoms with E-state index in [4.69, 9.17) is 0 Å². The van der Waals surface area contributed by atoms with E-state index in [2.05, 4.69) is 10.2 Å². The molecule has 1 atom stereocenters. The van der Waals surface area contributed by atoms with Crippen LogP contribution in [0.2, 0.25) is 0 Å². The minimum Gasteiger partial charge on any atom is -0.506 e. The molecular formula is C20H15N3O7S. The number of phenolic OH excluding ortho intramolecular Hbond substituents is 1. The summed E-state index contributed by atoms with van der Waals surface area (Å²) in [6.45, 7) is 0. The molecule has 0 saturated heterocycles. The number of azo groups is 1. The Morgan fingerprint density at radius 2 is 1.84 bits per heavy atom. The first-order valence-corrected chi connectivity index (χ1v) is 10.4. The van der Waals surface area contributed by atoms with Crippen molar-refractivity contribution >= 4 is 38.3 Å². The van der Waals surface area contributed by atoms with E-state index < -0.39 is 37.1 Å². The lowest BCUT2D eigenvalue weighted by Crippen LogP contribution is -2.28. The number of benzene rings is 3. The zero-order valence-electron chi connectivity index (χ0n) is 15.7. The highest BCUT2D eigenvalue weighted by molar-refractivity contribution is 7.86. The Kier molecular flexibility index (Phi) is 4.81. The summed E-state index contributed by atoms with van der Waals surface area (Å²) in [4.78, 5) is 9.65. The molecular weight excluding hydrogens is 426 g/mol. The molecule has 0 heterocycles. The Labute approximate surface area is 175 Å². The number of nitro groups is 1. The van der Waals surface area contributed by atoms with Gasteiger partial charge in [0.15, 0.2) is 5.72 Å². The van der Waals surface area contributed by atoms with Gasteiger partial charge >= 0.3 is 0 Å². The maximum Gasteiger partial charge on any atom is 0.295 e. The fraction of sp³-hybridized carbons (Fsp3) is 0.100. The van der Waals surface area contributed by atoms with Crippen molar-refractivity contribution in [2.75, 3.05) is 0 Å². The molecule has 0 spiro atoms. The smallest absolute Gasteiger partial charge is 0.295 e. The van der Waals surface area contributed by atoms with E-state index in [1.807, 2.05) is 24.3 Å². The van der Waals surface area contributed by atoms with Gasteiger partial charge < -0.3 is 10.2 Å². The summed E-state index contributed by atoms with van der Waals surface area (Å²) in [5, 5.41) is 39.9. The van der Waals surface area contributed by atoms with E-state index in [1.54, 1.807) is 6.08 Å². The van der Waals surface area contributed by atoms with Gasteiger partial charge in [0.05, 0.1) is 4.92 Å². The summed E-state index contributed by atoms with van der Waals surface area (Å²) < 4.78 is 33.0. The van der Waals surface area contributed by atoms with Gasteiger partial charge in [-0.05, 0) is 23.3 Å². The van der Waals surface area contributed by atoms with Crippen LogP contribution in [0.4, 0.5) is 11.4 Å². The number of nitrogens with zero attached hydrogens (tertiary/aromatic N) is 3. The van der Waals surface area contributed by atoms with E-state index in [0.29, 0.717) is 0 Å².